The topological polar surface area (TPSA) is 27.7 Å². The van der Waals surface area contributed by atoms with Crippen molar-refractivity contribution in [1.29, 1.82) is 0 Å². The van der Waals surface area contributed by atoms with Gasteiger partial charge in [0.1, 0.15) is 5.75 Å². The maximum atomic E-state index is 6.06. The normalized spacial score (nSPS) is 13.5. The highest BCUT2D eigenvalue weighted by Gasteiger charge is 2.17. The predicted molar refractivity (Wildman–Crippen MR) is 113 cm³/mol. The summed E-state index contributed by atoms with van der Waals surface area (Å²) in [6, 6.07) is 9.87. The van der Waals surface area contributed by atoms with Crippen LogP contribution < -0.4 is 4.52 Å². The lowest BCUT2D eigenvalue weighted by Gasteiger charge is -2.20. The van der Waals surface area contributed by atoms with E-state index in [9.17, 15) is 0 Å². The van der Waals surface area contributed by atoms with Gasteiger partial charge in [-0.15, -0.1) is 0 Å². The van der Waals surface area contributed by atoms with Crippen LogP contribution in [0.3, 0.4) is 0 Å². The Kier molecular flexibility index (Phi) is 14.9. The summed E-state index contributed by atoms with van der Waals surface area (Å²) in [4.78, 5) is 0. The van der Waals surface area contributed by atoms with Gasteiger partial charge in [0.25, 0.3) is 0 Å². The van der Waals surface area contributed by atoms with E-state index < -0.39 is 8.60 Å². The fourth-order valence-electron chi connectivity index (χ4n) is 2.74. The number of unbranched alkanes of at least 4 members (excludes halogenated alkanes) is 6. The van der Waals surface area contributed by atoms with E-state index in [0.29, 0.717) is 5.92 Å². The summed E-state index contributed by atoms with van der Waals surface area (Å²) in [6.07, 6.45) is 12.4. The summed E-state index contributed by atoms with van der Waals surface area (Å²) in [5.74, 6) is 1.42. The highest BCUT2D eigenvalue weighted by molar-refractivity contribution is 7.42. The van der Waals surface area contributed by atoms with Crippen molar-refractivity contribution in [3.63, 3.8) is 0 Å². The minimum absolute atomic E-state index is 0.594. The van der Waals surface area contributed by atoms with Crippen LogP contribution in [0.25, 0.3) is 0 Å². The van der Waals surface area contributed by atoms with E-state index in [0.717, 1.165) is 31.8 Å². The van der Waals surface area contributed by atoms with Crippen molar-refractivity contribution in [3.05, 3.63) is 30.3 Å². The maximum absolute atomic E-state index is 6.06. The predicted octanol–water partition coefficient (Wildman–Crippen LogP) is 7.90. The molecule has 0 aliphatic heterocycles. The molecule has 1 aromatic rings. The Labute approximate surface area is 162 Å². The van der Waals surface area contributed by atoms with Crippen LogP contribution in [0.4, 0.5) is 0 Å². The first-order chi connectivity index (χ1) is 12.8. The lowest BCUT2D eigenvalue weighted by atomic mass is 10.0. The smallest absolute Gasteiger partial charge is 0.397 e. The average Bonchev–Trinajstić information content (AvgIpc) is 2.68. The van der Waals surface area contributed by atoms with Crippen molar-refractivity contribution in [2.24, 2.45) is 5.92 Å². The van der Waals surface area contributed by atoms with Crippen molar-refractivity contribution >= 4 is 8.60 Å². The molecule has 0 saturated heterocycles. The van der Waals surface area contributed by atoms with Gasteiger partial charge in [-0.05, 0) is 30.9 Å². The van der Waals surface area contributed by atoms with Crippen molar-refractivity contribution in [2.75, 3.05) is 13.2 Å². The molecule has 0 radical (unpaired) electrons. The minimum Gasteiger partial charge on any atom is -0.427 e. The van der Waals surface area contributed by atoms with Gasteiger partial charge in [0.05, 0.1) is 13.2 Å². The summed E-state index contributed by atoms with van der Waals surface area (Å²) >= 11 is 0. The lowest BCUT2D eigenvalue weighted by Crippen LogP contribution is -2.09. The monoisotopic (exact) mass is 382 g/mol. The van der Waals surface area contributed by atoms with E-state index in [1.807, 2.05) is 30.3 Å². The molecular weight excluding hydrogens is 343 g/mol. The molecule has 0 amide bonds. The fraction of sp³-hybridized carbons (Fsp3) is 0.727. The fourth-order valence-corrected chi connectivity index (χ4v) is 3.83. The van der Waals surface area contributed by atoms with Crippen LogP contribution in [0, 0.1) is 5.92 Å². The highest BCUT2D eigenvalue weighted by atomic mass is 31.2. The van der Waals surface area contributed by atoms with Crippen molar-refractivity contribution in [1.82, 2.24) is 0 Å². The molecule has 1 aromatic carbocycles. The van der Waals surface area contributed by atoms with Gasteiger partial charge < -0.3 is 13.6 Å². The molecule has 2 atom stereocenters. The molecule has 0 N–H and O–H groups in total. The van der Waals surface area contributed by atoms with Crippen molar-refractivity contribution in [2.45, 2.75) is 85.0 Å². The second-order valence-electron chi connectivity index (χ2n) is 6.94. The zero-order chi connectivity index (χ0) is 18.9. The average molecular weight is 383 g/mol. The van der Waals surface area contributed by atoms with Crippen LogP contribution in [0.2, 0.25) is 0 Å². The van der Waals surface area contributed by atoms with E-state index in [1.54, 1.807) is 0 Å². The summed E-state index contributed by atoms with van der Waals surface area (Å²) in [6.45, 7) is 8.17. The molecule has 0 spiro atoms. The third-order valence-electron chi connectivity index (χ3n) is 4.58. The Bertz CT molecular complexity index is 413. The minimum atomic E-state index is -1.32. The molecule has 0 fully saturated rings. The van der Waals surface area contributed by atoms with Gasteiger partial charge >= 0.3 is 8.60 Å². The summed E-state index contributed by atoms with van der Waals surface area (Å²) in [7, 11) is -1.32. The second-order valence-corrected chi connectivity index (χ2v) is 8.09. The number of para-hydroxylation sites is 1. The van der Waals surface area contributed by atoms with E-state index in [1.165, 1.54) is 51.4 Å². The number of hydrogen-bond acceptors (Lipinski definition) is 3. The van der Waals surface area contributed by atoms with Gasteiger partial charge in [-0.1, -0.05) is 90.3 Å². The second kappa shape index (κ2) is 16.5. The van der Waals surface area contributed by atoms with Gasteiger partial charge in [-0.2, -0.15) is 0 Å². The first kappa shape index (κ1) is 23.4. The van der Waals surface area contributed by atoms with Gasteiger partial charge in [0.15, 0.2) is 0 Å². The molecule has 0 bridgehead atoms. The Balaban J connectivity index is 2.37. The molecule has 0 heterocycles. The highest BCUT2D eigenvalue weighted by Crippen LogP contribution is 2.41. The van der Waals surface area contributed by atoms with Crippen LogP contribution in [-0.4, -0.2) is 13.2 Å². The molecule has 0 aromatic heterocycles. The molecule has 0 aliphatic rings. The van der Waals surface area contributed by atoms with E-state index in [4.69, 9.17) is 13.6 Å². The number of rotatable bonds is 17. The zero-order valence-corrected chi connectivity index (χ0v) is 18.0. The molecular formula is C22H39O3P. The molecule has 26 heavy (non-hydrogen) atoms. The Morgan fingerprint density at radius 3 is 2.19 bits per heavy atom. The Morgan fingerprint density at radius 2 is 1.50 bits per heavy atom. The van der Waals surface area contributed by atoms with Gasteiger partial charge in [0.2, 0.25) is 0 Å². The zero-order valence-electron chi connectivity index (χ0n) is 17.1. The van der Waals surface area contributed by atoms with Crippen LogP contribution in [0.5, 0.6) is 5.75 Å². The van der Waals surface area contributed by atoms with Crippen LogP contribution in [0.15, 0.2) is 30.3 Å². The number of benzene rings is 1. The third-order valence-corrected chi connectivity index (χ3v) is 5.69. The molecule has 150 valence electrons. The van der Waals surface area contributed by atoms with E-state index >= 15 is 0 Å². The van der Waals surface area contributed by atoms with Crippen LogP contribution in [0.1, 0.15) is 85.0 Å². The van der Waals surface area contributed by atoms with Crippen LogP contribution >= 0.6 is 8.60 Å². The maximum Gasteiger partial charge on any atom is 0.397 e. The summed E-state index contributed by atoms with van der Waals surface area (Å²) in [5.41, 5.74) is 0. The molecule has 2 unspecified atom stereocenters. The van der Waals surface area contributed by atoms with E-state index in [-0.39, 0.29) is 0 Å². The molecule has 4 heteroatoms. The summed E-state index contributed by atoms with van der Waals surface area (Å²) in [5, 5.41) is 0. The molecule has 1 rings (SSSR count). The van der Waals surface area contributed by atoms with Gasteiger partial charge in [-0.3, -0.25) is 0 Å². The Morgan fingerprint density at radius 1 is 0.808 bits per heavy atom. The first-order valence-electron chi connectivity index (χ1n) is 10.6. The van der Waals surface area contributed by atoms with Crippen molar-refractivity contribution < 1.29 is 13.6 Å². The van der Waals surface area contributed by atoms with E-state index in [2.05, 4.69) is 20.8 Å². The standard InChI is InChI=1S/C22H39O3P/c1-4-7-9-10-11-15-19-23-26(25-22-17-13-12-14-18-22)24-20-21(6-3)16-8-5-2/h12-14,17-18,21H,4-11,15-16,19-20H2,1-3H3. The summed E-state index contributed by atoms with van der Waals surface area (Å²) < 4.78 is 18.0. The molecule has 3 nitrogen and oxygen atoms in total. The molecule has 0 saturated carbocycles. The first-order valence-corrected chi connectivity index (χ1v) is 11.7. The van der Waals surface area contributed by atoms with Crippen LogP contribution in [-0.2, 0) is 9.05 Å². The number of hydrogen-bond donors (Lipinski definition) is 0. The van der Waals surface area contributed by atoms with Gasteiger partial charge in [-0.25, -0.2) is 0 Å². The SMILES string of the molecule is CCCCCCCCOP(OCC(CC)CCCC)Oc1ccccc1. The Hall–Kier alpha value is -0.630. The quantitative estimate of drug-likeness (QED) is 0.202. The van der Waals surface area contributed by atoms with Crippen molar-refractivity contribution in [3.8, 4) is 5.75 Å². The third kappa shape index (κ3) is 11.9. The lowest BCUT2D eigenvalue weighted by molar-refractivity contribution is 0.170. The largest absolute Gasteiger partial charge is 0.427 e. The molecule has 0 aliphatic carbocycles. The van der Waals surface area contributed by atoms with Gasteiger partial charge in [0, 0.05) is 0 Å².